The summed E-state index contributed by atoms with van der Waals surface area (Å²) >= 11 is 5.91. The average Bonchev–Trinajstić information content (AvgIpc) is 3.08. The van der Waals surface area contributed by atoms with E-state index in [9.17, 15) is 4.79 Å². The fourth-order valence-electron chi connectivity index (χ4n) is 2.40. The molecule has 0 fully saturated rings. The number of aromatic nitrogens is 3. The second-order valence-corrected chi connectivity index (χ2v) is 5.79. The van der Waals surface area contributed by atoms with E-state index in [2.05, 4.69) is 10.4 Å². The third kappa shape index (κ3) is 3.29. The Morgan fingerprint density at radius 3 is 2.65 bits per heavy atom. The summed E-state index contributed by atoms with van der Waals surface area (Å²) in [5, 5.41) is 7.94. The number of halogens is 1. The molecule has 0 saturated carbocycles. The monoisotopic (exact) mass is 328 g/mol. The zero-order chi connectivity index (χ0) is 16.4. The van der Waals surface area contributed by atoms with E-state index < -0.39 is 0 Å². The van der Waals surface area contributed by atoms with E-state index in [0.717, 1.165) is 16.9 Å². The molecule has 0 aliphatic rings. The second kappa shape index (κ2) is 6.30. The summed E-state index contributed by atoms with van der Waals surface area (Å²) in [4.78, 5) is 12.2. The molecule has 118 valence electrons. The number of hydrogen-bond donors (Lipinski definition) is 1. The molecule has 3 aromatic rings. The lowest BCUT2D eigenvalue weighted by Crippen LogP contribution is -2.24. The standard InChI is InChI=1S/C17H17ClN4O/c1-12-13(10-22(20-12)15-6-4-3-5-7-15)9-19-17(23)16-8-14(18)11-21(16)2/h3-8,10-11H,9H2,1-2H3,(H,19,23). The van der Waals surface area contributed by atoms with Gasteiger partial charge < -0.3 is 9.88 Å². The summed E-state index contributed by atoms with van der Waals surface area (Å²) in [5.74, 6) is -0.161. The maximum atomic E-state index is 12.2. The summed E-state index contributed by atoms with van der Waals surface area (Å²) in [6.07, 6.45) is 3.64. The summed E-state index contributed by atoms with van der Waals surface area (Å²) in [6, 6.07) is 11.5. The molecule has 0 unspecified atom stereocenters. The third-order valence-corrected chi connectivity index (χ3v) is 3.87. The van der Waals surface area contributed by atoms with Gasteiger partial charge in [-0.1, -0.05) is 29.8 Å². The number of hydrogen-bond acceptors (Lipinski definition) is 2. The van der Waals surface area contributed by atoms with Crippen LogP contribution in [-0.4, -0.2) is 20.3 Å². The predicted molar refractivity (Wildman–Crippen MR) is 89.9 cm³/mol. The van der Waals surface area contributed by atoms with Crippen molar-refractivity contribution in [2.75, 3.05) is 0 Å². The van der Waals surface area contributed by atoms with Crippen LogP contribution in [0.5, 0.6) is 0 Å². The molecule has 3 rings (SSSR count). The fraction of sp³-hybridized carbons (Fsp3) is 0.176. The Bertz CT molecular complexity index is 836. The molecule has 0 aliphatic heterocycles. The highest BCUT2D eigenvalue weighted by molar-refractivity contribution is 6.31. The van der Waals surface area contributed by atoms with Gasteiger partial charge in [0, 0.05) is 31.5 Å². The van der Waals surface area contributed by atoms with Crippen LogP contribution in [0, 0.1) is 6.92 Å². The molecule has 0 radical (unpaired) electrons. The van der Waals surface area contributed by atoms with Crippen molar-refractivity contribution in [1.29, 1.82) is 0 Å². The Morgan fingerprint density at radius 1 is 1.26 bits per heavy atom. The normalized spacial score (nSPS) is 10.7. The van der Waals surface area contributed by atoms with Crippen LogP contribution in [-0.2, 0) is 13.6 Å². The molecule has 2 aromatic heterocycles. The molecule has 1 amide bonds. The minimum atomic E-state index is -0.161. The summed E-state index contributed by atoms with van der Waals surface area (Å²) in [5.41, 5.74) is 3.38. The van der Waals surface area contributed by atoms with Crippen molar-refractivity contribution in [3.05, 3.63) is 70.8 Å². The van der Waals surface area contributed by atoms with Crippen LogP contribution < -0.4 is 5.32 Å². The lowest BCUT2D eigenvalue weighted by molar-refractivity contribution is 0.0943. The molecular formula is C17H17ClN4O. The number of aryl methyl sites for hydroxylation is 2. The minimum Gasteiger partial charge on any atom is -0.347 e. The highest BCUT2D eigenvalue weighted by Gasteiger charge is 2.12. The first-order valence-corrected chi connectivity index (χ1v) is 7.63. The molecule has 0 spiro atoms. The van der Waals surface area contributed by atoms with E-state index in [0.29, 0.717) is 17.3 Å². The molecule has 0 saturated heterocycles. The van der Waals surface area contributed by atoms with Gasteiger partial charge in [0.05, 0.1) is 16.4 Å². The molecule has 1 aromatic carbocycles. The number of carbonyl (C=O) groups excluding carboxylic acids is 1. The SMILES string of the molecule is Cc1nn(-c2ccccc2)cc1CNC(=O)c1cc(Cl)cn1C. The second-order valence-electron chi connectivity index (χ2n) is 5.36. The van der Waals surface area contributed by atoms with Gasteiger partial charge in [0.15, 0.2) is 0 Å². The van der Waals surface area contributed by atoms with Gasteiger partial charge in [-0.05, 0) is 25.1 Å². The average molecular weight is 329 g/mol. The van der Waals surface area contributed by atoms with Gasteiger partial charge in [0.25, 0.3) is 5.91 Å². The smallest absolute Gasteiger partial charge is 0.268 e. The van der Waals surface area contributed by atoms with Crippen LogP contribution in [0.1, 0.15) is 21.7 Å². The van der Waals surface area contributed by atoms with Crippen LogP contribution in [0.2, 0.25) is 5.02 Å². The van der Waals surface area contributed by atoms with E-state index in [1.54, 1.807) is 23.9 Å². The van der Waals surface area contributed by atoms with Crippen molar-refractivity contribution in [3.8, 4) is 5.69 Å². The zero-order valence-electron chi connectivity index (χ0n) is 13.0. The number of amides is 1. The molecule has 0 aliphatic carbocycles. The maximum absolute atomic E-state index is 12.2. The van der Waals surface area contributed by atoms with Crippen LogP contribution in [0.3, 0.4) is 0 Å². The first-order chi connectivity index (χ1) is 11.0. The maximum Gasteiger partial charge on any atom is 0.268 e. The van der Waals surface area contributed by atoms with Crippen LogP contribution in [0.15, 0.2) is 48.8 Å². The number of para-hydroxylation sites is 1. The van der Waals surface area contributed by atoms with Crippen LogP contribution in [0.4, 0.5) is 0 Å². The third-order valence-electron chi connectivity index (χ3n) is 3.66. The molecule has 1 N–H and O–H groups in total. The van der Waals surface area contributed by atoms with Crippen molar-refractivity contribution >= 4 is 17.5 Å². The quantitative estimate of drug-likeness (QED) is 0.800. The Kier molecular flexibility index (Phi) is 4.21. The van der Waals surface area contributed by atoms with Crippen molar-refractivity contribution in [3.63, 3.8) is 0 Å². The molecule has 2 heterocycles. The Labute approximate surface area is 139 Å². The summed E-state index contributed by atoms with van der Waals surface area (Å²) in [7, 11) is 1.79. The zero-order valence-corrected chi connectivity index (χ0v) is 13.7. The number of nitrogens with one attached hydrogen (secondary N) is 1. The van der Waals surface area contributed by atoms with Gasteiger partial charge in [0.2, 0.25) is 0 Å². The Morgan fingerprint density at radius 2 is 2.00 bits per heavy atom. The number of benzene rings is 1. The summed E-state index contributed by atoms with van der Waals surface area (Å²) in [6.45, 7) is 2.35. The van der Waals surface area contributed by atoms with E-state index in [1.807, 2.05) is 48.1 Å². The molecule has 0 bridgehead atoms. The van der Waals surface area contributed by atoms with Crippen molar-refractivity contribution in [2.24, 2.45) is 7.05 Å². The number of rotatable bonds is 4. The van der Waals surface area contributed by atoms with Crippen molar-refractivity contribution < 1.29 is 4.79 Å². The lowest BCUT2D eigenvalue weighted by atomic mass is 10.2. The van der Waals surface area contributed by atoms with Crippen molar-refractivity contribution in [1.82, 2.24) is 19.7 Å². The Balaban J connectivity index is 1.73. The molecule has 23 heavy (non-hydrogen) atoms. The Hall–Kier alpha value is -2.53. The molecular weight excluding hydrogens is 312 g/mol. The first-order valence-electron chi connectivity index (χ1n) is 7.25. The molecule has 5 nitrogen and oxygen atoms in total. The minimum absolute atomic E-state index is 0.161. The highest BCUT2D eigenvalue weighted by Crippen LogP contribution is 2.14. The highest BCUT2D eigenvalue weighted by atomic mass is 35.5. The largest absolute Gasteiger partial charge is 0.347 e. The predicted octanol–water partition coefficient (Wildman–Crippen LogP) is 3.10. The fourth-order valence-corrected chi connectivity index (χ4v) is 2.65. The van der Waals surface area contributed by atoms with E-state index in [1.165, 1.54) is 0 Å². The van der Waals surface area contributed by atoms with Crippen molar-refractivity contribution in [2.45, 2.75) is 13.5 Å². The van der Waals surface area contributed by atoms with Crippen LogP contribution >= 0.6 is 11.6 Å². The van der Waals surface area contributed by atoms with Gasteiger partial charge in [0.1, 0.15) is 5.69 Å². The lowest BCUT2D eigenvalue weighted by Gasteiger charge is -2.05. The van der Waals surface area contributed by atoms with E-state index in [4.69, 9.17) is 11.6 Å². The molecule has 0 atom stereocenters. The topological polar surface area (TPSA) is 51.9 Å². The number of nitrogens with zero attached hydrogens (tertiary/aromatic N) is 3. The van der Waals surface area contributed by atoms with E-state index >= 15 is 0 Å². The van der Waals surface area contributed by atoms with Gasteiger partial charge in [-0.15, -0.1) is 0 Å². The number of carbonyl (C=O) groups is 1. The van der Waals surface area contributed by atoms with Gasteiger partial charge in [-0.25, -0.2) is 4.68 Å². The van der Waals surface area contributed by atoms with Gasteiger partial charge in [-0.2, -0.15) is 5.10 Å². The van der Waals surface area contributed by atoms with Gasteiger partial charge >= 0.3 is 0 Å². The van der Waals surface area contributed by atoms with Gasteiger partial charge in [-0.3, -0.25) is 4.79 Å². The van der Waals surface area contributed by atoms with Crippen LogP contribution in [0.25, 0.3) is 5.69 Å². The first kappa shape index (κ1) is 15.4. The molecule has 6 heteroatoms. The summed E-state index contributed by atoms with van der Waals surface area (Å²) < 4.78 is 3.52. The van der Waals surface area contributed by atoms with E-state index in [-0.39, 0.29) is 5.91 Å².